The molecule has 1 aliphatic carbocycles. The second kappa shape index (κ2) is 10.5. The Bertz CT molecular complexity index is 1540. The number of anilines is 2. The average molecular weight is 534 g/mol. The van der Waals surface area contributed by atoms with Gasteiger partial charge in [-0.05, 0) is 55.3 Å². The zero-order valence-corrected chi connectivity index (χ0v) is 20.5. The Kier molecular flexibility index (Phi) is 6.92. The molecule has 1 aromatic carbocycles. The van der Waals surface area contributed by atoms with Crippen LogP contribution in [0.2, 0.25) is 0 Å². The Balaban J connectivity index is 1.31. The molecule has 9 nitrogen and oxygen atoms in total. The van der Waals surface area contributed by atoms with Crippen molar-refractivity contribution in [3.05, 3.63) is 102 Å². The minimum atomic E-state index is -0.844. The van der Waals surface area contributed by atoms with Gasteiger partial charge in [0, 0.05) is 5.41 Å². The highest BCUT2D eigenvalue weighted by molar-refractivity contribution is 6.01. The van der Waals surface area contributed by atoms with Crippen molar-refractivity contribution in [1.82, 2.24) is 19.9 Å². The smallest absolute Gasteiger partial charge is 0.294 e. The molecule has 5 rings (SSSR count). The summed E-state index contributed by atoms with van der Waals surface area (Å²) in [6.07, 6.45) is 3.66. The molecule has 1 aliphatic rings. The Labute approximate surface area is 220 Å². The summed E-state index contributed by atoms with van der Waals surface area (Å²) in [5, 5.41) is 5.14. The van der Waals surface area contributed by atoms with Gasteiger partial charge in [0.1, 0.15) is 29.1 Å². The first-order chi connectivity index (χ1) is 18.7. The van der Waals surface area contributed by atoms with Gasteiger partial charge in [-0.25, -0.2) is 33.1 Å². The number of aryl methyl sites for hydroxylation is 1. The third-order valence-corrected chi connectivity index (χ3v) is 6.36. The van der Waals surface area contributed by atoms with Crippen molar-refractivity contribution in [2.75, 3.05) is 17.2 Å². The summed E-state index contributed by atoms with van der Waals surface area (Å²) >= 11 is 0. The van der Waals surface area contributed by atoms with Crippen molar-refractivity contribution in [3.8, 4) is 5.75 Å². The number of rotatable bonds is 8. The van der Waals surface area contributed by atoms with Crippen LogP contribution >= 0.6 is 0 Å². The van der Waals surface area contributed by atoms with Crippen LogP contribution in [0.15, 0.2) is 67.1 Å². The van der Waals surface area contributed by atoms with Gasteiger partial charge in [-0.1, -0.05) is 12.1 Å². The molecule has 0 unspecified atom stereocenters. The maximum Gasteiger partial charge on any atom is 0.294 e. The summed E-state index contributed by atoms with van der Waals surface area (Å²) in [5.41, 5.74) is 0.0908. The molecule has 3 aromatic heterocycles. The number of pyridine rings is 2. The number of carbonyl (C=O) groups is 2. The summed E-state index contributed by atoms with van der Waals surface area (Å²) in [4.78, 5) is 41.3. The molecule has 39 heavy (non-hydrogen) atoms. The van der Waals surface area contributed by atoms with Gasteiger partial charge in [-0.3, -0.25) is 9.59 Å². The van der Waals surface area contributed by atoms with E-state index < -0.39 is 34.7 Å². The Morgan fingerprint density at radius 3 is 2.23 bits per heavy atom. The van der Waals surface area contributed by atoms with Gasteiger partial charge in [-0.15, -0.1) is 0 Å². The van der Waals surface area contributed by atoms with Gasteiger partial charge < -0.3 is 15.4 Å². The summed E-state index contributed by atoms with van der Waals surface area (Å²) < 4.78 is 46.3. The molecule has 0 spiro atoms. The standard InChI is InChI=1S/C27H21F3N6O3/c1-15-21(13-33-24(34-15)26(38)36-23-8-6-19(30)12-32-23)39-14-27(16-3-2-4-17(28)9-16)10-20(27)25(37)35-22-7-5-18(29)11-31-22/h2-9,11-13,20H,10,14H2,1H3,(H,31,35,37)(H,32,36,38)/t20-,27+/m0/s1. The lowest BCUT2D eigenvalue weighted by molar-refractivity contribution is -0.117. The molecule has 0 radical (unpaired) electrons. The first kappa shape index (κ1) is 25.8. The van der Waals surface area contributed by atoms with Crippen molar-refractivity contribution in [2.45, 2.75) is 18.8 Å². The van der Waals surface area contributed by atoms with E-state index in [2.05, 4.69) is 30.6 Å². The van der Waals surface area contributed by atoms with Crippen molar-refractivity contribution >= 4 is 23.5 Å². The molecule has 0 aliphatic heterocycles. The number of amides is 2. The van der Waals surface area contributed by atoms with Crippen LogP contribution in [0.25, 0.3) is 0 Å². The quantitative estimate of drug-likeness (QED) is 0.347. The number of hydrogen-bond donors (Lipinski definition) is 2. The van der Waals surface area contributed by atoms with E-state index in [1.54, 1.807) is 19.1 Å². The van der Waals surface area contributed by atoms with Crippen molar-refractivity contribution < 1.29 is 27.5 Å². The zero-order valence-electron chi connectivity index (χ0n) is 20.5. The molecule has 4 aromatic rings. The van der Waals surface area contributed by atoms with Crippen LogP contribution in [0.4, 0.5) is 24.8 Å². The van der Waals surface area contributed by atoms with E-state index in [4.69, 9.17) is 4.74 Å². The molecular weight excluding hydrogens is 513 g/mol. The van der Waals surface area contributed by atoms with Crippen LogP contribution < -0.4 is 15.4 Å². The number of aromatic nitrogens is 4. The van der Waals surface area contributed by atoms with Gasteiger partial charge in [0.2, 0.25) is 11.7 Å². The molecule has 0 bridgehead atoms. The largest absolute Gasteiger partial charge is 0.489 e. The van der Waals surface area contributed by atoms with Crippen LogP contribution in [-0.2, 0) is 10.2 Å². The topological polar surface area (TPSA) is 119 Å². The average Bonchev–Trinajstić information content (AvgIpc) is 3.67. The first-order valence-electron chi connectivity index (χ1n) is 11.8. The molecule has 1 fully saturated rings. The summed E-state index contributed by atoms with van der Waals surface area (Å²) in [6, 6.07) is 10.9. The predicted octanol–water partition coefficient (Wildman–Crippen LogP) is 4.22. The number of nitrogens with one attached hydrogen (secondary N) is 2. The van der Waals surface area contributed by atoms with Crippen molar-refractivity contribution in [3.63, 3.8) is 0 Å². The number of benzene rings is 1. The monoisotopic (exact) mass is 534 g/mol. The number of hydrogen-bond acceptors (Lipinski definition) is 7. The molecule has 1 saturated carbocycles. The van der Waals surface area contributed by atoms with Crippen LogP contribution in [0.5, 0.6) is 5.75 Å². The highest BCUT2D eigenvalue weighted by Crippen LogP contribution is 2.55. The molecule has 198 valence electrons. The van der Waals surface area contributed by atoms with E-state index in [0.717, 1.165) is 18.5 Å². The number of ether oxygens (including phenoxy) is 1. The van der Waals surface area contributed by atoms with Gasteiger partial charge in [-0.2, -0.15) is 0 Å². The van der Waals surface area contributed by atoms with E-state index in [-0.39, 0.29) is 35.7 Å². The second-order valence-electron chi connectivity index (χ2n) is 9.02. The van der Waals surface area contributed by atoms with Crippen LogP contribution in [-0.4, -0.2) is 38.4 Å². The molecule has 2 amide bonds. The van der Waals surface area contributed by atoms with E-state index in [1.165, 1.54) is 36.5 Å². The minimum Gasteiger partial charge on any atom is -0.489 e. The number of halogens is 3. The lowest BCUT2D eigenvalue weighted by Gasteiger charge is -2.20. The number of nitrogens with zero attached hydrogens (tertiary/aromatic N) is 4. The van der Waals surface area contributed by atoms with Gasteiger partial charge in [0.15, 0.2) is 5.75 Å². The lowest BCUT2D eigenvalue weighted by atomic mass is 9.93. The molecule has 0 saturated heterocycles. The summed E-state index contributed by atoms with van der Waals surface area (Å²) in [6.45, 7) is 1.62. The van der Waals surface area contributed by atoms with Crippen LogP contribution in [0, 0.1) is 30.3 Å². The molecule has 2 atom stereocenters. The third-order valence-electron chi connectivity index (χ3n) is 6.36. The van der Waals surface area contributed by atoms with E-state index in [1.807, 2.05) is 0 Å². The van der Waals surface area contributed by atoms with Gasteiger partial charge in [0.25, 0.3) is 5.91 Å². The first-order valence-corrected chi connectivity index (χ1v) is 11.8. The minimum absolute atomic E-state index is 0.000624. The Morgan fingerprint density at radius 1 is 0.923 bits per heavy atom. The highest BCUT2D eigenvalue weighted by atomic mass is 19.1. The number of carbonyl (C=O) groups excluding carboxylic acids is 2. The highest BCUT2D eigenvalue weighted by Gasteiger charge is 2.60. The van der Waals surface area contributed by atoms with Crippen molar-refractivity contribution in [1.29, 1.82) is 0 Å². The predicted molar refractivity (Wildman–Crippen MR) is 133 cm³/mol. The Morgan fingerprint density at radius 2 is 1.62 bits per heavy atom. The van der Waals surface area contributed by atoms with Crippen LogP contribution in [0.1, 0.15) is 28.3 Å². The third kappa shape index (κ3) is 5.69. The fourth-order valence-electron chi connectivity index (χ4n) is 4.21. The van der Waals surface area contributed by atoms with Gasteiger partial charge >= 0.3 is 0 Å². The Hall–Kier alpha value is -4.87. The second-order valence-corrected chi connectivity index (χ2v) is 9.02. The van der Waals surface area contributed by atoms with E-state index in [9.17, 15) is 22.8 Å². The molecule has 2 N–H and O–H groups in total. The van der Waals surface area contributed by atoms with Gasteiger partial charge in [0.05, 0.1) is 36.8 Å². The summed E-state index contributed by atoms with van der Waals surface area (Å²) in [7, 11) is 0. The maximum atomic E-state index is 14.1. The van der Waals surface area contributed by atoms with Crippen molar-refractivity contribution in [2.24, 2.45) is 5.92 Å². The molecular formula is C27H21F3N6O3. The maximum absolute atomic E-state index is 14.1. The fraction of sp³-hybridized carbons (Fsp3) is 0.185. The molecule has 12 heteroatoms. The molecule has 3 heterocycles. The summed E-state index contributed by atoms with van der Waals surface area (Å²) in [5.74, 6) is -2.66. The van der Waals surface area contributed by atoms with Crippen LogP contribution in [0.3, 0.4) is 0 Å². The zero-order chi connectivity index (χ0) is 27.6. The fourth-order valence-corrected chi connectivity index (χ4v) is 4.21. The lowest BCUT2D eigenvalue weighted by Crippen LogP contribution is -2.27. The normalized spacial score (nSPS) is 17.8. The SMILES string of the molecule is Cc1nc(C(=O)Nc2ccc(F)cn2)ncc1OC[C@@]1(c2cccc(F)c2)C[C@H]1C(=O)Nc1ccc(F)cn1. The van der Waals surface area contributed by atoms with E-state index >= 15 is 0 Å². The van der Waals surface area contributed by atoms with E-state index in [0.29, 0.717) is 17.7 Å².